The van der Waals surface area contributed by atoms with Crippen molar-refractivity contribution in [3.05, 3.63) is 41.5 Å². The Morgan fingerprint density at radius 2 is 2.08 bits per heavy atom. The lowest BCUT2D eigenvalue weighted by Gasteiger charge is -2.23. The number of hydrogen-bond acceptors (Lipinski definition) is 5. The van der Waals surface area contributed by atoms with Gasteiger partial charge in [0.2, 0.25) is 0 Å². The molecule has 0 bridgehead atoms. The lowest BCUT2D eigenvalue weighted by Crippen LogP contribution is -2.36. The molecule has 1 unspecified atom stereocenters. The quantitative estimate of drug-likeness (QED) is 0.788. The molecule has 1 fully saturated rings. The van der Waals surface area contributed by atoms with Crippen LogP contribution in [-0.2, 0) is 4.79 Å². The van der Waals surface area contributed by atoms with Crippen LogP contribution in [-0.4, -0.2) is 33.6 Å². The van der Waals surface area contributed by atoms with Crippen LogP contribution in [0.3, 0.4) is 0 Å². The van der Waals surface area contributed by atoms with Gasteiger partial charge in [0.25, 0.3) is 0 Å². The summed E-state index contributed by atoms with van der Waals surface area (Å²) < 4.78 is 0. The molecule has 0 saturated carbocycles. The van der Waals surface area contributed by atoms with Crippen LogP contribution < -0.4 is 4.90 Å². The Bertz CT molecular complexity index is 904. The van der Waals surface area contributed by atoms with Gasteiger partial charge in [-0.1, -0.05) is 29.8 Å². The highest BCUT2D eigenvalue weighted by molar-refractivity contribution is 7.17. The van der Waals surface area contributed by atoms with E-state index in [0.29, 0.717) is 13.0 Å². The summed E-state index contributed by atoms with van der Waals surface area (Å²) in [6.45, 7) is 2.78. The predicted molar refractivity (Wildman–Crippen MR) is 95.6 cm³/mol. The predicted octanol–water partition coefficient (Wildman–Crippen LogP) is 3.72. The second-order valence-electron chi connectivity index (χ2n) is 6.08. The van der Waals surface area contributed by atoms with Gasteiger partial charge in [-0.25, -0.2) is 14.8 Å². The van der Waals surface area contributed by atoms with Crippen molar-refractivity contribution in [2.24, 2.45) is 0 Å². The molecule has 1 N–H and O–H groups in total. The normalized spacial score (nSPS) is 17.5. The van der Waals surface area contributed by atoms with E-state index in [1.807, 2.05) is 4.90 Å². The van der Waals surface area contributed by atoms with E-state index < -0.39 is 12.0 Å². The van der Waals surface area contributed by atoms with Gasteiger partial charge < -0.3 is 10.0 Å². The van der Waals surface area contributed by atoms with Crippen LogP contribution in [0.15, 0.2) is 36.0 Å². The fraction of sp³-hybridized carbons (Fsp3) is 0.278. The van der Waals surface area contributed by atoms with Crippen LogP contribution in [0.4, 0.5) is 5.82 Å². The summed E-state index contributed by atoms with van der Waals surface area (Å²) in [5, 5.41) is 12.5. The SMILES string of the molecule is Cc1ccc(-c2csc3ncnc(N4CCCC4C(=O)O)c23)cc1. The fourth-order valence-electron chi connectivity index (χ4n) is 3.30. The van der Waals surface area contributed by atoms with E-state index in [0.717, 1.165) is 33.6 Å². The Kier molecular flexibility index (Phi) is 3.69. The van der Waals surface area contributed by atoms with Crippen molar-refractivity contribution in [2.45, 2.75) is 25.8 Å². The van der Waals surface area contributed by atoms with E-state index in [4.69, 9.17) is 0 Å². The summed E-state index contributed by atoms with van der Waals surface area (Å²) in [6, 6.07) is 7.84. The molecule has 1 saturated heterocycles. The zero-order chi connectivity index (χ0) is 16.7. The third-order valence-electron chi connectivity index (χ3n) is 4.52. The largest absolute Gasteiger partial charge is 0.480 e. The first-order valence-corrected chi connectivity index (χ1v) is 8.82. The molecule has 3 heterocycles. The van der Waals surface area contributed by atoms with Gasteiger partial charge >= 0.3 is 5.97 Å². The number of nitrogens with zero attached hydrogens (tertiary/aromatic N) is 3. The molecule has 1 aromatic carbocycles. The minimum Gasteiger partial charge on any atom is -0.480 e. The summed E-state index contributed by atoms with van der Waals surface area (Å²) in [5.74, 6) is -0.0481. The number of rotatable bonds is 3. The number of hydrogen-bond donors (Lipinski definition) is 1. The zero-order valence-electron chi connectivity index (χ0n) is 13.3. The number of carboxylic acid groups (broad SMARTS) is 1. The lowest BCUT2D eigenvalue weighted by molar-refractivity contribution is -0.138. The first-order valence-electron chi connectivity index (χ1n) is 7.94. The maximum Gasteiger partial charge on any atom is 0.326 e. The molecule has 1 atom stereocenters. The van der Waals surface area contributed by atoms with Crippen LogP contribution in [0.1, 0.15) is 18.4 Å². The first kappa shape index (κ1) is 15.1. The van der Waals surface area contributed by atoms with Crippen molar-refractivity contribution < 1.29 is 9.90 Å². The number of carbonyl (C=O) groups is 1. The Morgan fingerprint density at radius 1 is 1.29 bits per heavy atom. The van der Waals surface area contributed by atoms with Gasteiger partial charge in [0.05, 0.1) is 5.39 Å². The highest BCUT2D eigenvalue weighted by Gasteiger charge is 2.33. The van der Waals surface area contributed by atoms with Gasteiger partial charge in [0, 0.05) is 17.5 Å². The van der Waals surface area contributed by atoms with Gasteiger partial charge in [0.15, 0.2) is 0 Å². The molecule has 0 spiro atoms. The lowest BCUT2D eigenvalue weighted by atomic mass is 10.0. The molecule has 122 valence electrons. The minimum atomic E-state index is -0.786. The van der Waals surface area contributed by atoms with Crippen molar-refractivity contribution in [2.75, 3.05) is 11.4 Å². The maximum absolute atomic E-state index is 11.6. The van der Waals surface area contributed by atoms with Crippen molar-refractivity contribution in [3.63, 3.8) is 0 Å². The maximum atomic E-state index is 11.6. The third kappa shape index (κ3) is 2.43. The zero-order valence-corrected chi connectivity index (χ0v) is 14.1. The molecule has 3 aromatic rings. The fourth-order valence-corrected chi connectivity index (χ4v) is 4.21. The third-order valence-corrected chi connectivity index (χ3v) is 5.41. The standard InChI is InChI=1S/C18H17N3O2S/c1-11-4-6-12(7-5-11)13-9-24-17-15(13)16(19-10-20-17)21-8-2-3-14(21)18(22)23/h4-7,9-10,14H,2-3,8H2,1H3,(H,22,23). The molecule has 4 rings (SSSR count). The Balaban J connectivity index is 1.89. The molecule has 0 amide bonds. The number of benzene rings is 1. The number of aliphatic carboxylic acids is 1. The summed E-state index contributed by atoms with van der Waals surface area (Å²) in [5.41, 5.74) is 3.39. The van der Waals surface area contributed by atoms with E-state index in [1.165, 1.54) is 11.9 Å². The summed E-state index contributed by atoms with van der Waals surface area (Å²) in [6.07, 6.45) is 3.06. The molecule has 6 heteroatoms. The summed E-state index contributed by atoms with van der Waals surface area (Å²) in [7, 11) is 0. The number of anilines is 1. The number of thiophene rings is 1. The molecule has 24 heavy (non-hydrogen) atoms. The van der Waals surface area contributed by atoms with Gasteiger partial charge in [0.1, 0.15) is 23.0 Å². The van der Waals surface area contributed by atoms with E-state index in [-0.39, 0.29) is 0 Å². The van der Waals surface area contributed by atoms with Gasteiger partial charge in [-0.05, 0) is 25.3 Å². The summed E-state index contributed by atoms with van der Waals surface area (Å²) in [4.78, 5) is 23.2. The average Bonchev–Trinajstić information content (AvgIpc) is 3.22. The van der Waals surface area contributed by atoms with E-state index in [2.05, 4.69) is 46.5 Å². The number of aromatic nitrogens is 2. The molecule has 1 aliphatic heterocycles. The van der Waals surface area contributed by atoms with Crippen LogP contribution >= 0.6 is 11.3 Å². The smallest absolute Gasteiger partial charge is 0.326 e. The molecule has 2 aromatic heterocycles. The number of aryl methyl sites for hydroxylation is 1. The van der Waals surface area contributed by atoms with Crippen LogP contribution in [0.2, 0.25) is 0 Å². The number of carboxylic acids is 1. The van der Waals surface area contributed by atoms with Gasteiger partial charge in [-0.2, -0.15) is 0 Å². The van der Waals surface area contributed by atoms with Crippen molar-refractivity contribution in [1.29, 1.82) is 0 Å². The van der Waals surface area contributed by atoms with E-state index in [9.17, 15) is 9.90 Å². The average molecular weight is 339 g/mol. The second-order valence-corrected chi connectivity index (χ2v) is 6.94. The monoisotopic (exact) mass is 339 g/mol. The molecular weight excluding hydrogens is 322 g/mol. The topological polar surface area (TPSA) is 66.3 Å². The highest BCUT2D eigenvalue weighted by atomic mass is 32.1. The Labute approximate surface area is 143 Å². The van der Waals surface area contributed by atoms with Gasteiger partial charge in [-0.3, -0.25) is 0 Å². The Morgan fingerprint density at radius 3 is 2.83 bits per heavy atom. The molecule has 1 aliphatic rings. The van der Waals surface area contributed by atoms with Crippen LogP contribution in [0, 0.1) is 6.92 Å². The summed E-state index contributed by atoms with van der Waals surface area (Å²) >= 11 is 1.57. The molecule has 5 nitrogen and oxygen atoms in total. The first-order chi connectivity index (χ1) is 11.6. The second kappa shape index (κ2) is 5.87. The minimum absolute atomic E-state index is 0.506. The van der Waals surface area contributed by atoms with Crippen molar-refractivity contribution in [3.8, 4) is 11.1 Å². The van der Waals surface area contributed by atoms with E-state index >= 15 is 0 Å². The molecule has 0 radical (unpaired) electrons. The Hall–Kier alpha value is -2.47. The molecule has 0 aliphatic carbocycles. The van der Waals surface area contributed by atoms with E-state index in [1.54, 1.807) is 11.3 Å². The van der Waals surface area contributed by atoms with Crippen molar-refractivity contribution >= 4 is 33.3 Å². The van der Waals surface area contributed by atoms with Crippen LogP contribution in [0.25, 0.3) is 21.3 Å². The molecular formula is C18H17N3O2S. The van der Waals surface area contributed by atoms with Crippen molar-refractivity contribution in [1.82, 2.24) is 9.97 Å². The van der Waals surface area contributed by atoms with Gasteiger partial charge in [-0.15, -0.1) is 11.3 Å². The highest BCUT2D eigenvalue weighted by Crippen LogP contribution is 2.39. The van der Waals surface area contributed by atoms with Crippen LogP contribution in [0.5, 0.6) is 0 Å². The number of fused-ring (bicyclic) bond motifs is 1.